The summed E-state index contributed by atoms with van der Waals surface area (Å²) < 4.78 is 21.2. The van der Waals surface area contributed by atoms with E-state index in [1.165, 1.54) is 11.6 Å². The molecule has 204 valence electrons. The highest BCUT2D eigenvalue weighted by Gasteiger charge is 2.32. The van der Waals surface area contributed by atoms with E-state index in [1.807, 2.05) is 31.2 Å². The van der Waals surface area contributed by atoms with Gasteiger partial charge < -0.3 is 15.2 Å². The molecule has 0 spiro atoms. The standard InChI is InChI=1S/C32H40FNO4/c1-5-8-9-10-14-23-15-11-13-21(4)30(23)24-18-25(22-16-17-22)31(33)26(19-24)27(20-29(36)38-7-3)34-32(37)28(35)12-6-2/h5-6,11,13,15,18-19,22,27-28,35H,1-2,7-10,12,14,16-17,20H2,3-4H3,(H,34,37)/t27-,28+/m0/s1. The number of aliphatic hydroxyl groups excluding tert-OH is 1. The van der Waals surface area contributed by atoms with E-state index in [0.29, 0.717) is 5.56 Å². The van der Waals surface area contributed by atoms with Crippen LogP contribution >= 0.6 is 0 Å². The van der Waals surface area contributed by atoms with Gasteiger partial charge in [-0.15, -0.1) is 13.2 Å². The average Bonchev–Trinajstić information content (AvgIpc) is 3.72. The Morgan fingerprint density at radius 3 is 2.63 bits per heavy atom. The predicted molar refractivity (Wildman–Crippen MR) is 149 cm³/mol. The summed E-state index contributed by atoms with van der Waals surface area (Å²) in [5.41, 5.74) is 5.03. The van der Waals surface area contributed by atoms with Crippen molar-refractivity contribution in [3.8, 4) is 11.1 Å². The highest BCUT2D eigenvalue weighted by Crippen LogP contribution is 2.45. The van der Waals surface area contributed by atoms with Crippen molar-refractivity contribution >= 4 is 11.9 Å². The van der Waals surface area contributed by atoms with Crippen LogP contribution in [0.15, 0.2) is 55.6 Å². The molecule has 2 N–H and O–H groups in total. The number of rotatable bonds is 15. The molecule has 0 bridgehead atoms. The summed E-state index contributed by atoms with van der Waals surface area (Å²) in [7, 11) is 0. The zero-order chi connectivity index (χ0) is 27.7. The summed E-state index contributed by atoms with van der Waals surface area (Å²) in [5.74, 6) is -1.53. The van der Waals surface area contributed by atoms with Crippen molar-refractivity contribution in [3.63, 3.8) is 0 Å². The minimum absolute atomic E-state index is 0.0478. The second-order valence-electron chi connectivity index (χ2n) is 10.00. The Morgan fingerprint density at radius 1 is 1.21 bits per heavy atom. The molecule has 3 rings (SSSR count). The molecule has 38 heavy (non-hydrogen) atoms. The lowest BCUT2D eigenvalue weighted by Crippen LogP contribution is -2.38. The van der Waals surface area contributed by atoms with Gasteiger partial charge in [-0.05, 0) is 98.2 Å². The number of aryl methyl sites for hydroxylation is 2. The molecule has 5 nitrogen and oxygen atoms in total. The maximum absolute atomic E-state index is 16.0. The lowest BCUT2D eigenvalue weighted by Gasteiger charge is -2.24. The van der Waals surface area contributed by atoms with Crippen LogP contribution in [0.5, 0.6) is 0 Å². The van der Waals surface area contributed by atoms with E-state index < -0.39 is 29.8 Å². The molecule has 1 amide bonds. The largest absolute Gasteiger partial charge is 0.466 e. The Labute approximate surface area is 225 Å². The van der Waals surface area contributed by atoms with Crippen molar-refractivity contribution in [3.05, 3.63) is 83.7 Å². The fraction of sp³-hybridized carbons (Fsp3) is 0.438. The lowest BCUT2D eigenvalue weighted by atomic mass is 9.87. The zero-order valence-electron chi connectivity index (χ0n) is 22.6. The van der Waals surface area contributed by atoms with Crippen LogP contribution < -0.4 is 5.32 Å². The van der Waals surface area contributed by atoms with Gasteiger partial charge >= 0.3 is 5.97 Å². The van der Waals surface area contributed by atoms with E-state index in [1.54, 1.807) is 13.0 Å². The molecule has 1 fully saturated rings. The van der Waals surface area contributed by atoms with E-state index in [-0.39, 0.29) is 30.9 Å². The molecule has 0 radical (unpaired) electrons. The van der Waals surface area contributed by atoms with Gasteiger partial charge in [-0.25, -0.2) is 4.39 Å². The molecule has 0 heterocycles. The van der Waals surface area contributed by atoms with Crippen LogP contribution in [0.25, 0.3) is 11.1 Å². The van der Waals surface area contributed by atoms with Gasteiger partial charge in [0.2, 0.25) is 5.91 Å². The first-order chi connectivity index (χ1) is 18.3. The molecular weight excluding hydrogens is 481 g/mol. The fourth-order valence-electron chi connectivity index (χ4n) is 4.87. The number of carbonyl (C=O) groups excluding carboxylic acids is 2. The van der Waals surface area contributed by atoms with Gasteiger partial charge in [0.25, 0.3) is 0 Å². The molecule has 0 saturated heterocycles. The molecule has 6 heteroatoms. The summed E-state index contributed by atoms with van der Waals surface area (Å²) >= 11 is 0. The third-order valence-electron chi connectivity index (χ3n) is 6.96. The predicted octanol–water partition coefficient (Wildman–Crippen LogP) is 6.62. The molecular formula is C32H40FNO4. The van der Waals surface area contributed by atoms with Crippen LogP contribution in [0.2, 0.25) is 0 Å². The Bertz CT molecular complexity index is 1150. The van der Waals surface area contributed by atoms with Crippen molar-refractivity contribution in [1.82, 2.24) is 5.32 Å². The number of nitrogens with one attached hydrogen (secondary N) is 1. The van der Waals surface area contributed by atoms with E-state index in [9.17, 15) is 14.7 Å². The van der Waals surface area contributed by atoms with Crippen LogP contribution in [0.3, 0.4) is 0 Å². The maximum Gasteiger partial charge on any atom is 0.308 e. The number of aliphatic hydroxyl groups is 1. The van der Waals surface area contributed by atoms with Gasteiger partial charge in [0, 0.05) is 12.0 Å². The van der Waals surface area contributed by atoms with Crippen LogP contribution in [-0.2, 0) is 20.7 Å². The number of amides is 1. The number of esters is 1. The molecule has 1 aliphatic carbocycles. The van der Waals surface area contributed by atoms with Crippen LogP contribution in [-0.4, -0.2) is 29.7 Å². The highest BCUT2D eigenvalue weighted by molar-refractivity contribution is 5.82. The van der Waals surface area contributed by atoms with E-state index in [0.717, 1.165) is 55.2 Å². The fourth-order valence-corrected chi connectivity index (χ4v) is 4.87. The number of unbranched alkanes of at least 4 members (excludes halogenated alkanes) is 2. The molecule has 0 aliphatic heterocycles. The quantitative estimate of drug-likeness (QED) is 0.157. The average molecular weight is 522 g/mol. The number of benzene rings is 2. The number of allylic oxidation sites excluding steroid dienone is 1. The maximum atomic E-state index is 16.0. The Hall–Kier alpha value is -3.25. The van der Waals surface area contributed by atoms with Gasteiger partial charge in [-0.1, -0.05) is 30.4 Å². The smallest absolute Gasteiger partial charge is 0.308 e. The van der Waals surface area contributed by atoms with Gasteiger partial charge in [-0.3, -0.25) is 9.59 Å². The first-order valence-electron chi connectivity index (χ1n) is 13.6. The monoisotopic (exact) mass is 521 g/mol. The normalized spacial score (nSPS) is 14.4. The second-order valence-corrected chi connectivity index (χ2v) is 10.00. The SMILES string of the molecule is C=CCCCCc1cccc(C)c1-c1cc(C2CC2)c(F)c([C@H](CC(=O)OCC)NC(=O)[C@H](O)CC=C)c1. The van der Waals surface area contributed by atoms with Crippen molar-refractivity contribution in [2.45, 2.75) is 83.3 Å². The minimum atomic E-state index is -1.34. The van der Waals surface area contributed by atoms with Crippen molar-refractivity contribution in [2.75, 3.05) is 6.61 Å². The molecule has 2 aromatic rings. The summed E-state index contributed by atoms with van der Waals surface area (Å²) in [6.45, 7) is 11.3. The van der Waals surface area contributed by atoms with E-state index >= 15 is 4.39 Å². The van der Waals surface area contributed by atoms with Crippen molar-refractivity contribution in [1.29, 1.82) is 0 Å². The number of hydrogen-bond donors (Lipinski definition) is 2. The van der Waals surface area contributed by atoms with Crippen molar-refractivity contribution < 1.29 is 23.8 Å². The number of carbonyl (C=O) groups is 2. The Kier molecular flexibility index (Phi) is 10.8. The van der Waals surface area contributed by atoms with E-state index in [4.69, 9.17) is 4.74 Å². The molecule has 2 aromatic carbocycles. The van der Waals surface area contributed by atoms with E-state index in [2.05, 4.69) is 24.5 Å². The molecule has 0 aromatic heterocycles. The third-order valence-corrected chi connectivity index (χ3v) is 6.96. The molecule has 1 saturated carbocycles. The molecule has 2 atom stereocenters. The van der Waals surface area contributed by atoms with Crippen LogP contribution in [0.4, 0.5) is 4.39 Å². The topological polar surface area (TPSA) is 75.6 Å². The van der Waals surface area contributed by atoms with Gasteiger partial charge in [0.15, 0.2) is 0 Å². The molecule has 1 aliphatic rings. The number of halogens is 1. The number of hydrogen-bond acceptors (Lipinski definition) is 4. The first kappa shape index (κ1) is 29.3. The Morgan fingerprint density at radius 2 is 1.97 bits per heavy atom. The van der Waals surface area contributed by atoms with Crippen molar-refractivity contribution in [2.24, 2.45) is 0 Å². The van der Waals surface area contributed by atoms with Gasteiger partial charge in [-0.2, -0.15) is 0 Å². The van der Waals surface area contributed by atoms with Crippen LogP contribution in [0.1, 0.15) is 86.1 Å². The third kappa shape index (κ3) is 7.64. The van der Waals surface area contributed by atoms with Gasteiger partial charge in [0.1, 0.15) is 11.9 Å². The minimum Gasteiger partial charge on any atom is -0.466 e. The van der Waals surface area contributed by atoms with Gasteiger partial charge in [0.05, 0.1) is 19.1 Å². The zero-order valence-corrected chi connectivity index (χ0v) is 22.6. The lowest BCUT2D eigenvalue weighted by molar-refractivity contribution is -0.144. The van der Waals surface area contributed by atoms with Crippen LogP contribution in [0, 0.1) is 12.7 Å². The summed E-state index contributed by atoms with van der Waals surface area (Å²) in [5, 5.41) is 12.9. The summed E-state index contributed by atoms with van der Waals surface area (Å²) in [6, 6.07) is 8.89. The highest BCUT2D eigenvalue weighted by atomic mass is 19.1. The first-order valence-corrected chi connectivity index (χ1v) is 13.6. The second kappa shape index (κ2) is 14.1. The summed E-state index contributed by atoms with van der Waals surface area (Å²) in [6.07, 6.45) is 7.51. The molecule has 0 unspecified atom stereocenters. The summed E-state index contributed by atoms with van der Waals surface area (Å²) in [4.78, 5) is 25.2. The number of ether oxygens (including phenoxy) is 1. The Balaban J connectivity index is 2.09.